The van der Waals surface area contributed by atoms with Gasteiger partial charge in [0, 0.05) is 18.0 Å². The van der Waals surface area contributed by atoms with Crippen LogP contribution in [0, 0.1) is 0 Å². The average Bonchev–Trinajstić information content (AvgIpc) is 2.69. The molecule has 0 aliphatic heterocycles. The fraction of sp³-hybridized carbons (Fsp3) is 0.250. The Balaban J connectivity index is 2.49. The maximum atomic E-state index is 12.3. The molecule has 2 aromatic rings. The van der Waals surface area contributed by atoms with Gasteiger partial charge in [0.05, 0.1) is 0 Å². The van der Waals surface area contributed by atoms with Gasteiger partial charge >= 0.3 is 12.1 Å². The first kappa shape index (κ1) is 12.2. The molecule has 96 valence electrons. The van der Waals surface area contributed by atoms with Gasteiger partial charge in [0.1, 0.15) is 6.04 Å². The first-order valence-corrected chi connectivity index (χ1v) is 4.57. The van der Waals surface area contributed by atoms with Crippen molar-refractivity contribution in [2.75, 3.05) is 0 Å². The van der Waals surface area contributed by atoms with Gasteiger partial charge in [0.25, 0.3) is 11.6 Å². The smallest absolute Gasteiger partial charge is 0.453 e. The lowest BCUT2D eigenvalue weighted by atomic mass is 10.2. The highest BCUT2D eigenvalue weighted by atomic mass is 19.4. The number of carboxylic acid groups (broad SMARTS) is 1. The van der Waals surface area contributed by atoms with E-state index in [1.54, 1.807) is 0 Å². The average molecular weight is 261 g/mol. The first-order chi connectivity index (χ1) is 8.29. The molecular formula is C8H6F3N5O2. The molecule has 0 bridgehead atoms. The van der Waals surface area contributed by atoms with E-state index in [0.29, 0.717) is 0 Å². The van der Waals surface area contributed by atoms with Gasteiger partial charge in [-0.1, -0.05) is 0 Å². The second-order valence-corrected chi connectivity index (χ2v) is 3.38. The molecule has 0 saturated carbocycles. The third-order valence-electron chi connectivity index (χ3n) is 2.09. The number of hydrogen-bond donors (Lipinski definition) is 2. The fourth-order valence-electron chi connectivity index (χ4n) is 1.22. The molecule has 0 radical (unpaired) electrons. The topological polar surface area (TPSA) is 106 Å². The van der Waals surface area contributed by atoms with Crippen LogP contribution in [0.1, 0.15) is 17.4 Å². The normalized spacial score (nSPS) is 13.8. The molecular weight excluding hydrogens is 255 g/mol. The predicted molar refractivity (Wildman–Crippen MR) is 50.3 cm³/mol. The zero-order valence-electron chi connectivity index (χ0n) is 8.59. The molecule has 7 nitrogen and oxygen atoms in total. The largest absolute Gasteiger partial charge is 0.480 e. The quantitative estimate of drug-likeness (QED) is 0.801. The van der Waals surface area contributed by atoms with E-state index in [2.05, 4.69) is 15.1 Å². The number of hydrogen-bond acceptors (Lipinski definition) is 5. The number of aromatic nitrogens is 4. The summed E-state index contributed by atoms with van der Waals surface area (Å²) in [7, 11) is 0. The summed E-state index contributed by atoms with van der Waals surface area (Å²) in [6.07, 6.45) is -2.60. The number of carboxylic acids is 1. The van der Waals surface area contributed by atoms with Crippen LogP contribution in [-0.4, -0.2) is 30.7 Å². The number of fused-ring (bicyclic) bond motifs is 1. The molecule has 2 rings (SSSR count). The highest BCUT2D eigenvalue weighted by Gasteiger charge is 2.36. The summed E-state index contributed by atoms with van der Waals surface area (Å²) in [5.41, 5.74) is 5.32. The fourth-order valence-corrected chi connectivity index (χ4v) is 1.22. The minimum Gasteiger partial charge on any atom is -0.480 e. The van der Waals surface area contributed by atoms with Crippen molar-refractivity contribution in [1.29, 1.82) is 0 Å². The molecule has 0 aliphatic carbocycles. The summed E-state index contributed by atoms with van der Waals surface area (Å²) in [5, 5.41) is 11.8. The van der Waals surface area contributed by atoms with E-state index >= 15 is 0 Å². The van der Waals surface area contributed by atoms with Crippen LogP contribution in [0.4, 0.5) is 13.2 Å². The standard InChI is InChI=1S/C8H6F3N5O2/c9-8(10,11)6-14-7-13-1-3(2-16(7)15-6)4(12)5(17)18/h1-2,4H,12H2,(H,17,18). The molecule has 1 atom stereocenters. The number of rotatable bonds is 2. The maximum Gasteiger partial charge on any atom is 0.453 e. The van der Waals surface area contributed by atoms with E-state index in [0.717, 1.165) is 16.9 Å². The van der Waals surface area contributed by atoms with Crippen LogP contribution in [0.2, 0.25) is 0 Å². The first-order valence-electron chi connectivity index (χ1n) is 4.57. The molecule has 18 heavy (non-hydrogen) atoms. The van der Waals surface area contributed by atoms with E-state index in [1.165, 1.54) is 0 Å². The van der Waals surface area contributed by atoms with Crippen molar-refractivity contribution in [3.63, 3.8) is 0 Å². The van der Waals surface area contributed by atoms with E-state index in [9.17, 15) is 18.0 Å². The van der Waals surface area contributed by atoms with E-state index < -0.39 is 24.0 Å². The number of nitrogens with zero attached hydrogens (tertiary/aromatic N) is 4. The Morgan fingerprint density at radius 2 is 2.17 bits per heavy atom. The van der Waals surface area contributed by atoms with Gasteiger partial charge in [-0.3, -0.25) is 4.79 Å². The number of nitrogens with two attached hydrogens (primary N) is 1. The third-order valence-corrected chi connectivity index (χ3v) is 2.09. The Bertz CT molecular complexity index is 608. The summed E-state index contributed by atoms with van der Waals surface area (Å²) >= 11 is 0. The Morgan fingerprint density at radius 3 is 2.72 bits per heavy atom. The molecule has 0 aliphatic rings. The van der Waals surface area contributed by atoms with Crippen LogP contribution >= 0.6 is 0 Å². The zero-order chi connectivity index (χ0) is 13.5. The lowest BCUT2D eigenvalue weighted by Gasteiger charge is -2.05. The van der Waals surface area contributed by atoms with Crippen molar-refractivity contribution in [3.05, 3.63) is 23.8 Å². The summed E-state index contributed by atoms with van der Waals surface area (Å²) in [6, 6.07) is -1.39. The highest BCUT2D eigenvalue weighted by molar-refractivity contribution is 5.74. The third kappa shape index (κ3) is 2.09. The molecule has 0 amide bonds. The maximum absolute atomic E-state index is 12.3. The van der Waals surface area contributed by atoms with Gasteiger partial charge in [0.2, 0.25) is 0 Å². The van der Waals surface area contributed by atoms with Crippen LogP contribution in [0.5, 0.6) is 0 Å². The summed E-state index contributed by atoms with van der Waals surface area (Å²) in [4.78, 5) is 17.3. The van der Waals surface area contributed by atoms with Crippen LogP contribution in [0.15, 0.2) is 12.4 Å². The van der Waals surface area contributed by atoms with Gasteiger partial charge < -0.3 is 10.8 Å². The Labute approximate surface area is 97.1 Å². The zero-order valence-corrected chi connectivity index (χ0v) is 8.59. The van der Waals surface area contributed by atoms with Gasteiger partial charge in [-0.05, 0) is 0 Å². The molecule has 2 heterocycles. The van der Waals surface area contributed by atoms with Crippen molar-refractivity contribution >= 4 is 11.7 Å². The van der Waals surface area contributed by atoms with Gasteiger partial charge in [-0.2, -0.15) is 18.2 Å². The molecule has 3 N–H and O–H groups in total. The van der Waals surface area contributed by atoms with E-state index in [-0.39, 0.29) is 11.3 Å². The lowest BCUT2D eigenvalue weighted by molar-refractivity contribution is -0.144. The van der Waals surface area contributed by atoms with Gasteiger partial charge in [-0.25, -0.2) is 9.50 Å². The summed E-state index contributed by atoms with van der Waals surface area (Å²) in [5.74, 6) is -2.97. The van der Waals surface area contributed by atoms with Crippen molar-refractivity contribution in [2.45, 2.75) is 12.2 Å². The molecule has 0 saturated heterocycles. The molecule has 0 fully saturated rings. The Morgan fingerprint density at radius 1 is 1.50 bits per heavy atom. The van der Waals surface area contributed by atoms with E-state index in [4.69, 9.17) is 10.8 Å². The van der Waals surface area contributed by atoms with Gasteiger partial charge in [0.15, 0.2) is 0 Å². The molecule has 0 aromatic carbocycles. The summed E-state index contributed by atoms with van der Waals surface area (Å²) in [6.45, 7) is 0. The van der Waals surface area contributed by atoms with E-state index in [1.807, 2.05) is 0 Å². The molecule has 1 unspecified atom stereocenters. The number of alkyl halides is 3. The Hall–Kier alpha value is -2.23. The minimum absolute atomic E-state index is 0.0219. The van der Waals surface area contributed by atoms with Gasteiger partial charge in [-0.15, -0.1) is 5.10 Å². The van der Waals surface area contributed by atoms with Crippen LogP contribution in [0.3, 0.4) is 0 Å². The second-order valence-electron chi connectivity index (χ2n) is 3.38. The minimum atomic E-state index is -4.69. The lowest BCUT2D eigenvalue weighted by Crippen LogP contribution is -2.21. The van der Waals surface area contributed by atoms with Crippen LogP contribution < -0.4 is 5.73 Å². The second kappa shape index (κ2) is 3.91. The SMILES string of the molecule is NC(C(=O)O)c1cnc2nc(C(F)(F)F)nn2c1. The molecule has 2 aromatic heterocycles. The van der Waals surface area contributed by atoms with Crippen LogP contribution in [-0.2, 0) is 11.0 Å². The number of carbonyl (C=O) groups is 1. The van der Waals surface area contributed by atoms with Crippen molar-refractivity contribution in [3.8, 4) is 0 Å². The molecule has 0 spiro atoms. The van der Waals surface area contributed by atoms with Crippen molar-refractivity contribution in [1.82, 2.24) is 19.6 Å². The summed E-state index contributed by atoms with van der Waals surface area (Å²) < 4.78 is 37.7. The van der Waals surface area contributed by atoms with Crippen molar-refractivity contribution in [2.24, 2.45) is 5.73 Å². The number of halogens is 3. The monoisotopic (exact) mass is 261 g/mol. The number of aliphatic carboxylic acids is 1. The predicted octanol–water partition coefficient (Wildman–Crippen LogP) is 0.228. The highest BCUT2D eigenvalue weighted by Crippen LogP contribution is 2.26. The Kier molecular flexibility index (Phi) is 2.66. The van der Waals surface area contributed by atoms with Crippen LogP contribution in [0.25, 0.3) is 5.78 Å². The molecule has 10 heteroatoms. The van der Waals surface area contributed by atoms with Crippen molar-refractivity contribution < 1.29 is 23.1 Å².